The van der Waals surface area contributed by atoms with Crippen molar-refractivity contribution in [3.05, 3.63) is 0 Å². The molecule has 0 radical (unpaired) electrons. The van der Waals surface area contributed by atoms with Gasteiger partial charge in [0.25, 0.3) is 0 Å². The number of fused-ring (bicyclic) bond motifs is 5. The molecule has 4 rings (SSSR count). The first-order chi connectivity index (χ1) is 14.1. The van der Waals surface area contributed by atoms with E-state index in [9.17, 15) is 10.2 Å². The van der Waals surface area contributed by atoms with Crippen LogP contribution in [0.1, 0.15) is 118 Å². The lowest BCUT2D eigenvalue weighted by Gasteiger charge is -2.63. The number of aliphatic hydroxyl groups excluding tert-OH is 1. The zero-order valence-corrected chi connectivity index (χ0v) is 20.6. The fourth-order valence-corrected chi connectivity index (χ4v) is 9.82. The summed E-state index contributed by atoms with van der Waals surface area (Å²) in [4.78, 5) is 0. The minimum Gasteiger partial charge on any atom is -0.393 e. The maximum atomic E-state index is 11.6. The molecule has 4 saturated carbocycles. The van der Waals surface area contributed by atoms with Gasteiger partial charge < -0.3 is 10.2 Å². The number of hydrogen-bond acceptors (Lipinski definition) is 2. The Hall–Kier alpha value is -0.0800. The first-order valence-electron chi connectivity index (χ1n) is 13.5. The molecule has 0 aliphatic heterocycles. The molecule has 174 valence electrons. The highest BCUT2D eigenvalue weighted by Gasteiger charge is 2.63. The van der Waals surface area contributed by atoms with Crippen LogP contribution in [0.5, 0.6) is 0 Å². The third-order valence-electron chi connectivity index (χ3n) is 11.3. The molecular formula is C28H50O2. The molecule has 0 bridgehead atoms. The minimum absolute atomic E-state index is 0.0606. The van der Waals surface area contributed by atoms with E-state index in [4.69, 9.17) is 0 Å². The second kappa shape index (κ2) is 8.36. The quantitative estimate of drug-likeness (QED) is 0.457. The van der Waals surface area contributed by atoms with Crippen LogP contribution in [0.3, 0.4) is 0 Å². The van der Waals surface area contributed by atoms with Crippen molar-refractivity contribution in [2.24, 2.45) is 46.3 Å². The Kier molecular flexibility index (Phi) is 6.44. The van der Waals surface area contributed by atoms with Gasteiger partial charge in [-0.25, -0.2) is 0 Å². The van der Waals surface area contributed by atoms with E-state index in [2.05, 4.69) is 34.6 Å². The van der Waals surface area contributed by atoms with Crippen molar-refractivity contribution >= 4 is 0 Å². The van der Waals surface area contributed by atoms with Crippen molar-refractivity contribution < 1.29 is 10.2 Å². The third kappa shape index (κ3) is 3.70. The number of aliphatic hydroxyl groups is 2. The Labute approximate surface area is 186 Å². The van der Waals surface area contributed by atoms with Gasteiger partial charge in [0.1, 0.15) is 0 Å². The number of rotatable bonds is 6. The predicted octanol–water partition coefficient (Wildman–Crippen LogP) is 6.97. The Bertz CT molecular complexity index is 599. The molecule has 4 aliphatic rings. The Morgan fingerprint density at radius 1 is 0.867 bits per heavy atom. The molecular weight excluding hydrogens is 368 g/mol. The van der Waals surface area contributed by atoms with Gasteiger partial charge in [-0.2, -0.15) is 0 Å². The molecule has 0 saturated heterocycles. The van der Waals surface area contributed by atoms with Crippen molar-refractivity contribution in [1.29, 1.82) is 0 Å². The SMILES string of the molecule is CCCCCC[C@](C)(O)[C@H]1CCC2C3C[C@H](C)[C@H]4C[C@@H](O)CC[C@]4(C)C3CC[C@@]21C. The molecule has 0 aromatic carbocycles. The zero-order chi connectivity index (χ0) is 21.7. The van der Waals surface area contributed by atoms with Gasteiger partial charge >= 0.3 is 0 Å². The van der Waals surface area contributed by atoms with E-state index in [-0.39, 0.29) is 6.10 Å². The van der Waals surface area contributed by atoms with Crippen LogP contribution >= 0.6 is 0 Å². The molecule has 0 aromatic heterocycles. The smallest absolute Gasteiger partial charge is 0.0653 e. The lowest BCUT2D eigenvalue weighted by molar-refractivity contribution is -0.160. The highest BCUT2D eigenvalue weighted by atomic mass is 16.3. The summed E-state index contributed by atoms with van der Waals surface area (Å²) in [5.41, 5.74) is 0.266. The minimum atomic E-state index is -0.494. The van der Waals surface area contributed by atoms with Crippen molar-refractivity contribution in [3.63, 3.8) is 0 Å². The van der Waals surface area contributed by atoms with Crippen molar-refractivity contribution in [2.75, 3.05) is 0 Å². The molecule has 2 nitrogen and oxygen atoms in total. The summed E-state index contributed by atoms with van der Waals surface area (Å²) in [5.74, 6) is 4.42. The molecule has 10 atom stereocenters. The Morgan fingerprint density at radius 2 is 1.57 bits per heavy atom. The van der Waals surface area contributed by atoms with Crippen molar-refractivity contribution in [2.45, 2.75) is 130 Å². The summed E-state index contributed by atoms with van der Waals surface area (Å²) < 4.78 is 0. The highest BCUT2D eigenvalue weighted by Crippen LogP contribution is 2.69. The summed E-state index contributed by atoms with van der Waals surface area (Å²) in [6.45, 7) is 12.1. The molecule has 4 aliphatic carbocycles. The number of hydrogen-bond donors (Lipinski definition) is 2. The summed E-state index contributed by atoms with van der Waals surface area (Å²) in [6, 6.07) is 0. The summed E-state index contributed by atoms with van der Waals surface area (Å²) in [5, 5.41) is 22.0. The summed E-state index contributed by atoms with van der Waals surface area (Å²) >= 11 is 0. The standard InChI is InChI=1S/C28H50O2/c1-6-7-8-9-14-28(5,30)25-11-10-22-21-17-19(2)24-18-20(29)12-15-26(24,3)23(21)13-16-27(22,25)4/h19-25,29-30H,6-18H2,1-5H3/t19-,20-,21?,22?,23?,24+,25-,26+,27-,28-/m0/s1. The van der Waals surface area contributed by atoms with E-state index in [0.717, 1.165) is 42.9 Å². The first-order valence-corrected chi connectivity index (χ1v) is 13.5. The summed E-state index contributed by atoms with van der Waals surface area (Å²) in [6.07, 6.45) is 15.8. The van der Waals surface area contributed by atoms with Crippen molar-refractivity contribution in [1.82, 2.24) is 0 Å². The molecule has 3 unspecified atom stereocenters. The average molecular weight is 419 g/mol. The van der Waals surface area contributed by atoms with Crippen LogP contribution in [0.4, 0.5) is 0 Å². The van der Waals surface area contributed by atoms with Crippen LogP contribution in [-0.4, -0.2) is 21.9 Å². The third-order valence-corrected chi connectivity index (χ3v) is 11.3. The van der Waals surface area contributed by atoms with Gasteiger partial charge in [0.15, 0.2) is 0 Å². The molecule has 0 aromatic rings. The molecule has 2 N–H and O–H groups in total. The molecule has 0 spiro atoms. The van der Waals surface area contributed by atoms with E-state index in [1.165, 1.54) is 64.2 Å². The van der Waals surface area contributed by atoms with E-state index < -0.39 is 5.60 Å². The molecule has 0 heterocycles. The largest absolute Gasteiger partial charge is 0.393 e. The van der Waals surface area contributed by atoms with Gasteiger partial charge in [0.2, 0.25) is 0 Å². The van der Waals surface area contributed by atoms with Crippen LogP contribution < -0.4 is 0 Å². The van der Waals surface area contributed by atoms with Crippen LogP contribution in [-0.2, 0) is 0 Å². The fraction of sp³-hybridized carbons (Fsp3) is 1.00. The van der Waals surface area contributed by atoms with Crippen LogP contribution in [0, 0.1) is 46.3 Å². The highest BCUT2D eigenvalue weighted by molar-refractivity contribution is 5.12. The van der Waals surface area contributed by atoms with Gasteiger partial charge in [-0.1, -0.05) is 53.4 Å². The Morgan fingerprint density at radius 3 is 2.30 bits per heavy atom. The Balaban J connectivity index is 1.52. The van der Waals surface area contributed by atoms with Crippen LogP contribution in [0.15, 0.2) is 0 Å². The van der Waals surface area contributed by atoms with Crippen molar-refractivity contribution in [3.8, 4) is 0 Å². The first kappa shape index (κ1) is 23.1. The lowest BCUT2D eigenvalue weighted by Crippen LogP contribution is -2.57. The molecule has 4 fully saturated rings. The van der Waals surface area contributed by atoms with E-state index in [0.29, 0.717) is 22.7 Å². The monoisotopic (exact) mass is 418 g/mol. The summed E-state index contributed by atoms with van der Waals surface area (Å²) in [7, 11) is 0. The van der Waals surface area contributed by atoms with Gasteiger partial charge in [0, 0.05) is 0 Å². The molecule has 2 heteroatoms. The maximum Gasteiger partial charge on any atom is 0.0653 e. The van der Waals surface area contributed by atoms with Gasteiger partial charge in [-0.3, -0.25) is 0 Å². The van der Waals surface area contributed by atoms with Crippen LogP contribution in [0.2, 0.25) is 0 Å². The topological polar surface area (TPSA) is 40.5 Å². The normalized spacial score (nSPS) is 50.3. The second-order valence-corrected chi connectivity index (χ2v) is 13.0. The maximum absolute atomic E-state index is 11.6. The van der Waals surface area contributed by atoms with E-state index in [1.807, 2.05) is 0 Å². The van der Waals surface area contributed by atoms with E-state index in [1.54, 1.807) is 0 Å². The van der Waals surface area contributed by atoms with Gasteiger partial charge in [0.05, 0.1) is 11.7 Å². The second-order valence-electron chi connectivity index (χ2n) is 13.0. The predicted molar refractivity (Wildman–Crippen MR) is 125 cm³/mol. The van der Waals surface area contributed by atoms with E-state index >= 15 is 0 Å². The molecule has 0 amide bonds. The van der Waals surface area contributed by atoms with Gasteiger partial charge in [-0.15, -0.1) is 0 Å². The fourth-order valence-electron chi connectivity index (χ4n) is 9.82. The van der Waals surface area contributed by atoms with Gasteiger partial charge in [-0.05, 0) is 111 Å². The number of unbranched alkanes of at least 4 members (excludes halogenated alkanes) is 3. The zero-order valence-electron chi connectivity index (χ0n) is 20.6. The van der Waals surface area contributed by atoms with Crippen LogP contribution in [0.25, 0.3) is 0 Å². The molecule has 30 heavy (non-hydrogen) atoms. The lowest BCUT2D eigenvalue weighted by atomic mass is 9.42. The average Bonchev–Trinajstić information content (AvgIpc) is 3.05.